The number of anilines is 1. The molecule has 0 aliphatic carbocycles. The van der Waals surface area contributed by atoms with Gasteiger partial charge in [-0.15, -0.1) is 0 Å². The Morgan fingerprint density at radius 2 is 1.50 bits per heavy atom. The first-order valence-electron chi connectivity index (χ1n) is 8.95. The SMILES string of the molecule is CCCCCCCCCCCCOc1ccc(N)cc1S(=O)(=O)O. The molecule has 1 aromatic rings. The summed E-state index contributed by atoms with van der Waals surface area (Å²) in [5, 5.41) is 0. The minimum atomic E-state index is -4.33. The first-order valence-corrected chi connectivity index (χ1v) is 10.4. The lowest BCUT2D eigenvalue weighted by molar-refractivity contribution is 0.295. The predicted molar refractivity (Wildman–Crippen MR) is 98.0 cm³/mol. The lowest BCUT2D eigenvalue weighted by Crippen LogP contribution is -2.05. The van der Waals surface area contributed by atoms with Crippen molar-refractivity contribution < 1.29 is 17.7 Å². The van der Waals surface area contributed by atoms with Crippen LogP contribution in [0.15, 0.2) is 23.1 Å². The van der Waals surface area contributed by atoms with Gasteiger partial charge in [0.2, 0.25) is 0 Å². The molecule has 0 unspecified atom stereocenters. The standard InChI is InChI=1S/C18H31NO4S/c1-2-3-4-5-6-7-8-9-10-11-14-23-17-13-12-16(19)15-18(17)24(20,21)22/h12-13,15H,2-11,14,19H2,1H3,(H,20,21,22). The number of hydrogen-bond donors (Lipinski definition) is 2. The Hall–Kier alpha value is -1.27. The van der Waals surface area contributed by atoms with Crippen LogP contribution in [0.3, 0.4) is 0 Å². The number of hydrogen-bond acceptors (Lipinski definition) is 4. The smallest absolute Gasteiger partial charge is 0.298 e. The molecule has 3 N–H and O–H groups in total. The predicted octanol–water partition coefficient (Wildman–Crippen LogP) is 4.82. The molecule has 0 aliphatic heterocycles. The summed E-state index contributed by atoms with van der Waals surface area (Å²) in [5.41, 5.74) is 5.83. The summed E-state index contributed by atoms with van der Waals surface area (Å²) < 4.78 is 37.4. The number of unbranched alkanes of at least 4 members (excludes halogenated alkanes) is 9. The van der Waals surface area contributed by atoms with E-state index in [0.717, 1.165) is 12.8 Å². The van der Waals surface area contributed by atoms with Crippen LogP contribution < -0.4 is 10.5 Å². The van der Waals surface area contributed by atoms with Gasteiger partial charge in [-0.2, -0.15) is 8.42 Å². The summed E-state index contributed by atoms with van der Waals surface area (Å²) in [7, 11) is -4.33. The lowest BCUT2D eigenvalue weighted by Gasteiger charge is -2.10. The van der Waals surface area contributed by atoms with Gasteiger partial charge in [0.1, 0.15) is 10.6 Å². The van der Waals surface area contributed by atoms with E-state index < -0.39 is 10.1 Å². The van der Waals surface area contributed by atoms with E-state index in [1.807, 2.05) is 0 Å². The fourth-order valence-electron chi connectivity index (χ4n) is 2.62. The minimum absolute atomic E-state index is 0.155. The number of nitrogens with two attached hydrogens (primary N) is 1. The quantitative estimate of drug-likeness (QED) is 0.300. The van der Waals surface area contributed by atoms with Crippen molar-refractivity contribution in [3.05, 3.63) is 18.2 Å². The molecule has 0 radical (unpaired) electrons. The Labute approximate surface area is 146 Å². The molecule has 0 saturated heterocycles. The van der Waals surface area contributed by atoms with Crippen LogP contribution >= 0.6 is 0 Å². The number of rotatable bonds is 13. The molecule has 6 heteroatoms. The van der Waals surface area contributed by atoms with Gasteiger partial charge in [-0.1, -0.05) is 64.7 Å². The zero-order valence-electron chi connectivity index (χ0n) is 14.7. The third-order valence-electron chi connectivity index (χ3n) is 4.00. The van der Waals surface area contributed by atoms with E-state index >= 15 is 0 Å². The minimum Gasteiger partial charge on any atom is -0.492 e. The second kappa shape index (κ2) is 11.3. The average molecular weight is 358 g/mol. The van der Waals surface area contributed by atoms with Crippen LogP contribution in [0.1, 0.15) is 71.1 Å². The summed E-state index contributed by atoms with van der Waals surface area (Å²) in [5.74, 6) is 0.155. The Morgan fingerprint density at radius 3 is 2.04 bits per heavy atom. The second-order valence-corrected chi connectivity index (χ2v) is 7.60. The maximum atomic E-state index is 11.3. The monoisotopic (exact) mass is 357 g/mol. The van der Waals surface area contributed by atoms with Crippen LogP contribution in [0.2, 0.25) is 0 Å². The van der Waals surface area contributed by atoms with E-state index in [0.29, 0.717) is 6.61 Å². The Morgan fingerprint density at radius 1 is 0.958 bits per heavy atom. The van der Waals surface area contributed by atoms with Gasteiger partial charge in [0.25, 0.3) is 10.1 Å². The van der Waals surface area contributed by atoms with Crippen molar-refractivity contribution >= 4 is 15.8 Å². The van der Waals surface area contributed by atoms with Gasteiger partial charge in [-0.05, 0) is 24.6 Å². The van der Waals surface area contributed by atoms with Crippen molar-refractivity contribution in [2.24, 2.45) is 0 Å². The zero-order valence-corrected chi connectivity index (χ0v) is 15.5. The van der Waals surface area contributed by atoms with Gasteiger partial charge in [0, 0.05) is 5.69 Å². The van der Waals surface area contributed by atoms with E-state index in [1.54, 1.807) is 6.07 Å². The Kier molecular flexibility index (Phi) is 9.79. The van der Waals surface area contributed by atoms with Crippen molar-refractivity contribution in [1.29, 1.82) is 0 Å². The third-order valence-corrected chi connectivity index (χ3v) is 4.88. The van der Waals surface area contributed by atoms with E-state index in [-0.39, 0.29) is 16.3 Å². The first-order chi connectivity index (χ1) is 11.4. The van der Waals surface area contributed by atoms with Crippen LogP contribution in [-0.2, 0) is 10.1 Å². The van der Waals surface area contributed by atoms with Crippen molar-refractivity contribution in [1.82, 2.24) is 0 Å². The van der Waals surface area contributed by atoms with Gasteiger partial charge in [0.05, 0.1) is 6.61 Å². The maximum absolute atomic E-state index is 11.3. The molecule has 0 bridgehead atoms. The summed E-state index contributed by atoms with van der Waals surface area (Å²) in [6, 6.07) is 4.25. The summed E-state index contributed by atoms with van der Waals surface area (Å²) >= 11 is 0. The highest BCUT2D eigenvalue weighted by Crippen LogP contribution is 2.26. The highest BCUT2D eigenvalue weighted by molar-refractivity contribution is 7.86. The van der Waals surface area contributed by atoms with Crippen LogP contribution in [0.4, 0.5) is 5.69 Å². The molecule has 0 heterocycles. The molecule has 0 spiro atoms. The third kappa shape index (κ3) is 8.55. The number of benzene rings is 1. The molecule has 1 rings (SSSR count). The molecule has 0 atom stereocenters. The van der Waals surface area contributed by atoms with Gasteiger partial charge < -0.3 is 10.5 Å². The number of ether oxygens (including phenoxy) is 1. The van der Waals surface area contributed by atoms with E-state index in [4.69, 9.17) is 10.5 Å². The van der Waals surface area contributed by atoms with Crippen molar-refractivity contribution in [3.8, 4) is 5.75 Å². The highest BCUT2D eigenvalue weighted by Gasteiger charge is 2.17. The Bertz CT molecular complexity index is 572. The molecule has 0 fully saturated rings. The van der Waals surface area contributed by atoms with E-state index in [2.05, 4.69) is 6.92 Å². The summed E-state index contributed by atoms with van der Waals surface area (Å²) in [6.45, 7) is 2.66. The molecular formula is C18H31NO4S. The van der Waals surface area contributed by atoms with E-state index in [9.17, 15) is 13.0 Å². The van der Waals surface area contributed by atoms with Gasteiger partial charge in [-0.25, -0.2) is 0 Å². The largest absolute Gasteiger partial charge is 0.492 e. The van der Waals surface area contributed by atoms with E-state index in [1.165, 1.54) is 63.5 Å². The maximum Gasteiger partial charge on any atom is 0.298 e. The lowest BCUT2D eigenvalue weighted by atomic mass is 10.1. The normalized spacial score (nSPS) is 11.6. The molecule has 24 heavy (non-hydrogen) atoms. The van der Waals surface area contributed by atoms with Crippen LogP contribution in [0.25, 0.3) is 0 Å². The molecule has 0 aliphatic rings. The highest BCUT2D eigenvalue weighted by atomic mass is 32.2. The molecule has 0 aromatic heterocycles. The Balaban J connectivity index is 2.18. The first kappa shape index (κ1) is 20.8. The average Bonchev–Trinajstić information content (AvgIpc) is 2.53. The number of nitrogen functional groups attached to an aromatic ring is 1. The van der Waals surface area contributed by atoms with Gasteiger partial charge >= 0.3 is 0 Å². The molecule has 138 valence electrons. The molecule has 0 amide bonds. The molecule has 5 nitrogen and oxygen atoms in total. The fraction of sp³-hybridized carbons (Fsp3) is 0.667. The van der Waals surface area contributed by atoms with Gasteiger partial charge in [0.15, 0.2) is 0 Å². The second-order valence-electron chi connectivity index (χ2n) is 6.21. The summed E-state index contributed by atoms with van der Waals surface area (Å²) in [6.07, 6.45) is 12.3. The van der Waals surface area contributed by atoms with Crippen LogP contribution in [0, 0.1) is 0 Å². The van der Waals surface area contributed by atoms with Crippen LogP contribution in [0.5, 0.6) is 5.75 Å². The topological polar surface area (TPSA) is 89.6 Å². The zero-order chi connectivity index (χ0) is 17.8. The van der Waals surface area contributed by atoms with Gasteiger partial charge in [-0.3, -0.25) is 4.55 Å². The molecule has 0 saturated carbocycles. The van der Waals surface area contributed by atoms with Crippen molar-refractivity contribution in [2.45, 2.75) is 76.0 Å². The molecular weight excluding hydrogens is 326 g/mol. The van der Waals surface area contributed by atoms with Crippen molar-refractivity contribution in [3.63, 3.8) is 0 Å². The molecule has 1 aromatic carbocycles. The van der Waals surface area contributed by atoms with Crippen molar-refractivity contribution in [2.75, 3.05) is 12.3 Å². The summed E-state index contributed by atoms with van der Waals surface area (Å²) in [4.78, 5) is -0.269. The van der Waals surface area contributed by atoms with Crippen LogP contribution in [-0.4, -0.2) is 19.6 Å². The fourth-order valence-corrected chi connectivity index (χ4v) is 3.28.